The Bertz CT molecular complexity index is 1940. The zero-order valence-corrected chi connectivity index (χ0v) is 26.1. The minimum absolute atomic E-state index is 0.00874. The molecule has 0 fully saturated rings. The quantitative estimate of drug-likeness (QED) is 0.240. The molecule has 0 atom stereocenters. The first-order chi connectivity index (χ1) is 20.3. The summed E-state index contributed by atoms with van der Waals surface area (Å²) < 4.78 is 48.0. The maximum Gasteiger partial charge on any atom is 0.320 e. The lowest BCUT2D eigenvalue weighted by Crippen LogP contribution is -2.31. The van der Waals surface area contributed by atoms with Crippen molar-refractivity contribution in [1.82, 2.24) is 23.8 Å². The number of ether oxygens (including phenoxy) is 3. The number of carbonyl (C=O) groups is 1. The van der Waals surface area contributed by atoms with Gasteiger partial charge in [-0.3, -0.25) is 4.79 Å². The number of benzene rings is 1. The van der Waals surface area contributed by atoms with Crippen LogP contribution in [0.25, 0.3) is 33.3 Å². The number of aromatic nitrogens is 4. The number of esters is 1. The lowest BCUT2D eigenvalue weighted by atomic mass is 10.1. The minimum Gasteiger partial charge on any atom is -0.491 e. The van der Waals surface area contributed by atoms with Crippen molar-refractivity contribution in [3.63, 3.8) is 0 Å². The van der Waals surface area contributed by atoms with Gasteiger partial charge in [0.1, 0.15) is 11.1 Å². The first-order valence-electron chi connectivity index (χ1n) is 13.7. The SMILES string of the molecule is COc1cc2c(nc1OC)c(-c1cc3c(CNCC(=O)OC(C)(C)C)ccnc3n1S(=O)(=O)c1ccc(C)cc1)cn2C. The van der Waals surface area contributed by atoms with E-state index in [0.717, 1.165) is 16.6 Å². The van der Waals surface area contributed by atoms with Crippen LogP contribution in [-0.2, 0) is 33.1 Å². The monoisotopic (exact) mass is 605 g/mol. The normalized spacial score (nSPS) is 12.2. The maximum atomic E-state index is 14.3. The van der Waals surface area contributed by atoms with E-state index in [1.165, 1.54) is 18.2 Å². The highest BCUT2D eigenvalue weighted by Gasteiger charge is 2.28. The summed E-state index contributed by atoms with van der Waals surface area (Å²) in [6, 6.07) is 12.1. The fourth-order valence-electron chi connectivity index (χ4n) is 4.95. The van der Waals surface area contributed by atoms with E-state index in [2.05, 4.69) is 10.3 Å². The number of nitrogens with one attached hydrogen (secondary N) is 1. The third kappa shape index (κ3) is 5.80. The zero-order chi connectivity index (χ0) is 31.1. The second kappa shape index (κ2) is 11.3. The Balaban J connectivity index is 1.70. The molecule has 1 N–H and O–H groups in total. The lowest BCUT2D eigenvalue weighted by molar-refractivity contribution is -0.153. The Morgan fingerprint density at radius 3 is 2.42 bits per heavy atom. The number of pyridine rings is 2. The fraction of sp³-hybridized carbons (Fsp3) is 0.323. The number of hydrogen-bond donors (Lipinski definition) is 1. The molecule has 1 aromatic carbocycles. The second-order valence-corrected chi connectivity index (χ2v) is 13.0. The molecule has 5 aromatic rings. The van der Waals surface area contributed by atoms with Crippen LogP contribution in [0.5, 0.6) is 11.6 Å². The van der Waals surface area contributed by atoms with E-state index in [9.17, 15) is 13.2 Å². The molecular formula is C31H35N5O6S. The van der Waals surface area contributed by atoms with Crippen molar-refractivity contribution in [2.24, 2.45) is 7.05 Å². The van der Waals surface area contributed by atoms with E-state index in [4.69, 9.17) is 19.2 Å². The molecule has 0 unspecified atom stereocenters. The first kappa shape index (κ1) is 30.1. The van der Waals surface area contributed by atoms with E-state index in [0.29, 0.717) is 27.9 Å². The van der Waals surface area contributed by atoms with E-state index in [1.807, 2.05) is 45.5 Å². The van der Waals surface area contributed by atoms with Crippen LogP contribution in [0.3, 0.4) is 0 Å². The fourth-order valence-corrected chi connectivity index (χ4v) is 6.42. The van der Waals surface area contributed by atoms with Gasteiger partial charge in [-0.05, 0) is 57.5 Å². The van der Waals surface area contributed by atoms with Crippen molar-refractivity contribution in [3.05, 3.63) is 66.0 Å². The van der Waals surface area contributed by atoms with Gasteiger partial charge in [-0.2, -0.15) is 0 Å². The average molecular weight is 606 g/mol. The molecule has 0 aliphatic rings. The number of methoxy groups -OCH3 is 2. The van der Waals surface area contributed by atoms with Crippen molar-refractivity contribution in [2.45, 2.75) is 44.7 Å². The van der Waals surface area contributed by atoms with Crippen LogP contribution in [0, 0.1) is 6.92 Å². The summed E-state index contributed by atoms with van der Waals surface area (Å²) >= 11 is 0. The highest BCUT2D eigenvalue weighted by atomic mass is 32.2. The molecule has 0 spiro atoms. The Morgan fingerprint density at radius 2 is 1.77 bits per heavy atom. The van der Waals surface area contributed by atoms with Crippen LogP contribution in [0.1, 0.15) is 31.9 Å². The van der Waals surface area contributed by atoms with Gasteiger partial charge in [-0.15, -0.1) is 0 Å². The summed E-state index contributed by atoms with van der Waals surface area (Å²) in [5.74, 6) is 0.344. The van der Waals surface area contributed by atoms with Gasteiger partial charge in [0.05, 0.1) is 36.9 Å². The molecule has 4 aromatic heterocycles. The molecule has 0 saturated heterocycles. The van der Waals surface area contributed by atoms with Gasteiger partial charge in [-0.25, -0.2) is 22.4 Å². The topological polar surface area (TPSA) is 127 Å². The van der Waals surface area contributed by atoms with Crippen LogP contribution in [0.2, 0.25) is 0 Å². The summed E-state index contributed by atoms with van der Waals surface area (Å²) in [5, 5.41) is 3.73. The maximum absolute atomic E-state index is 14.3. The van der Waals surface area contributed by atoms with Gasteiger partial charge in [0.25, 0.3) is 15.9 Å². The second-order valence-electron chi connectivity index (χ2n) is 11.2. The summed E-state index contributed by atoms with van der Waals surface area (Å²) in [7, 11) is 0.774. The van der Waals surface area contributed by atoms with Gasteiger partial charge < -0.3 is 24.1 Å². The highest BCUT2D eigenvalue weighted by Crippen LogP contribution is 2.39. The molecular weight excluding hydrogens is 570 g/mol. The van der Waals surface area contributed by atoms with E-state index < -0.39 is 15.6 Å². The zero-order valence-electron chi connectivity index (χ0n) is 25.3. The molecule has 4 heterocycles. The number of carbonyl (C=O) groups excluding carboxylic acids is 1. The van der Waals surface area contributed by atoms with Crippen LogP contribution in [0.4, 0.5) is 0 Å². The van der Waals surface area contributed by atoms with Crippen LogP contribution in [-0.4, -0.2) is 59.3 Å². The largest absolute Gasteiger partial charge is 0.491 e. The molecule has 0 radical (unpaired) electrons. The van der Waals surface area contributed by atoms with Crippen LogP contribution >= 0.6 is 0 Å². The van der Waals surface area contributed by atoms with Gasteiger partial charge in [0.2, 0.25) is 0 Å². The van der Waals surface area contributed by atoms with E-state index >= 15 is 0 Å². The predicted octanol–water partition coefficient (Wildman–Crippen LogP) is 4.58. The number of aryl methyl sites for hydroxylation is 2. The van der Waals surface area contributed by atoms with Crippen LogP contribution < -0.4 is 14.8 Å². The number of nitrogens with zero attached hydrogens (tertiary/aromatic N) is 4. The molecule has 0 aliphatic heterocycles. The number of fused-ring (bicyclic) bond motifs is 2. The van der Waals surface area contributed by atoms with Crippen molar-refractivity contribution in [2.75, 3.05) is 20.8 Å². The molecule has 0 saturated carbocycles. The van der Waals surface area contributed by atoms with Crippen molar-refractivity contribution in [1.29, 1.82) is 0 Å². The third-order valence-corrected chi connectivity index (χ3v) is 8.62. The predicted molar refractivity (Wildman–Crippen MR) is 164 cm³/mol. The van der Waals surface area contributed by atoms with Gasteiger partial charge >= 0.3 is 5.97 Å². The average Bonchev–Trinajstić information content (AvgIpc) is 3.50. The Labute approximate surface area is 250 Å². The minimum atomic E-state index is -4.11. The molecule has 12 heteroatoms. The van der Waals surface area contributed by atoms with Crippen molar-refractivity contribution < 1.29 is 27.4 Å². The van der Waals surface area contributed by atoms with Gasteiger partial charge in [-0.1, -0.05) is 17.7 Å². The molecule has 0 amide bonds. The third-order valence-electron chi connectivity index (χ3n) is 6.90. The molecule has 11 nitrogen and oxygen atoms in total. The Hall–Kier alpha value is -4.42. The first-order valence-corrected chi connectivity index (χ1v) is 15.1. The Morgan fingerprint density at radius 1 is 1.05 bits per heavy atom. The summed E-state index contributed by atoms with van der Waals surface area (Å²) in [5.41, 5.74) is 3.57. The van der Waals surface area contributed by atoms with Crippen molar-refractivity contribution >= 4 is 38.1 Å². The number of rotatable bonds is 9. The van der Waals surface area contributed by atoms with Crippen molar-refractivity contribution in [3.8, 4) is 22.9 Å². The number of hydrogen-bond acceptors (Lipinski definition) is 9. The summed E-state index contributed by atoms with van der Waals surface area (Å²) in [4.78, 5) is 21.6. The molecule has 43 heavy (non-hydrogen) atoms. The van der Waals surface area contributed by atoms with Gasteiger partial charge in [0.15, 0.2) is 11.4 Å². The van der Waals surface area contributed by atoms with E-state index in [-0.39, 0.29) is 35.5 Å². The molecule has 5 rings (SSSR count). The summed E-state index contributed by atoms with van der Waals surface area (Å²) in [6.45, 7) is 7.60. The Kier molecular flexibility index (Phi) is 7.93. The highest BCUT2D eigenvalue weighted by molar-refractivity contribution is 7.90. The van der Waals surface area contributed by atoms with Gasteiger partial charge in [0, 0.05) is 43.0 Å². The standard InChI is InChI=1S/C31H35N5O6S/c1-19-8-10-21(11-9-19)43(38,39)36-24(23-18-35(5)25-15-26(40-6)30(41-7)34-28(23)25)14-22-20(12-13-33-29(22)36)16-32-17-27(37)42-31(2,3)4/h8-15,18,32H,16-17H2,1-7H3. The van der Waals surface area contributed by atoms with Crippen LogP contribution in [0.15, 0.2) is 59.8 Å². The lowest BCUT2D eigenvalue weighted by Gasteiger charge is -2.19. The summed E-state index contributed by atoms with van der Waals surface area (Å²) in [6.07, 6.45) is 3.39. The molecule has 226 valence electrons. The van der Waals surface area contributed by atoms with E-state index in [1.54, 1.807) is 48.7 Å². The molecule has 0 aliphatic carbocycles. The smallest absolute Gasteiger partial charge is 0.320 e. The molecule has 0 bridgehead atoms.